The molecule has 0 N–H and O–H groups in total. The van der Waals surface area contributed by atoms with E-state index in [1.807, 2.05) is 19.9 Å². The summed E-state index contributed by atoms with van der Waals surface area (Å²) in [6.07, 6.45) is 0. The lowest BCUT2D eigenvalue weighted by molar-refractivity contribution is -0.128. The van der Waals surface area contributed by atoms with Crippen LogP contribution in [0, 0.1) is 25.5 Å². The largest absolute Gasteiger partial charge is 0.463 e. The zero-order valence-corrected chi connectivity index (χ0v) is 13.0. The first-order valence-corrected chi connectivity index (χ1v) is 7.92. The molecule has 1 fully saturated rings. The van der Waals surface area contributed by atoms with Gasteiger partial charge in [0.15, 0.2) is 0 Å². The van der Waals surface area contributed by atoms with Crippen LogP contribution in [0.15, 0.2) is 28.7 Å². The third-order valence-corrected chi connectivity index (χ3v) is 4.96. The van der Waals surface area contributed by atoms with Gasteiger partial charge in [-0.1, -0.05) is 0 Å². The average Bonchev–Trinajstić information content (AvgIpc) is 2.99. The summed E-state index contributed by atoms with van der Waals surface area (Å²) in [5, 5.41) is -0.303. The first kappa shape index (κ1) is 15.1. The summed E-state index contributed by atoms with van der Waals surface area (Å²) in [5.41, 5.74) is 1.17. The Labute approximate surface area is 131 Å². The van der Waals surface area contributed by atoms with Gasteiger partial charge in [-0.3, -0.25) is 4.79 Å². The van der Waals surface area contributed by atoms with Gasteiger partial charge in [0.05, 0.1) is 12.3 Å². The molecular weight excluding hydrogens is 308 g/mol. The molecule has 0 bridgehead atoms. The molecule has 1 aromatic carbocycles. The summed E-state index contributed by atoms with van der Waals surface area (Å²) >= 11 is 1.43. The highest BCUT2D eigenvalue weighted by atomic mass is 32.2. The minimum Gasteiger partial charge on any atom is -0.463 e. The number of hydrogen-bond acceptors (Lipinski definition) is 3. The maximum absolute atomic E-state index is 13.8. The van der Waals surface area contributed by atoms with Crippen molar-refractivity contribution in [3.63, 3.8) is 0 Å². The molecule has 2 aromatic rings. The van der Waals surface area contributed by atoms with Gasteiger partial charge in [0, 0.05) is 5.56 Å². The number of halogens is 2. The van der Waals surface area contributed by atoms with Crippen molar-refractivity contribution in [1.29, 1.82) is 0 Å². The minimum atomic E-state index is -0.517. The van der Waals surface area contributed by atoms with Crippen LogP contribution in [0.25, 0.3) is 0 Å². The Hall–Kier alpha value is -1.82. The number of aryl methyl sites for hydroxylation is 2. The fourth-order valence-electron chi connectivity index (χ4n) is 2.43. The van der Waals surface area contributed by atoms with Crippen molar-refractivity contribution in [3.8, 4) is 0 Å². The molecule has 0 aliphatic carbocycles. The van der Waals surface area contributed by atoms with Crippen molar-refractivity contribution in [1.82, 2.24) is 4.90 Å². The van der Waals surface area contributed by atoms with E-state index in [9.17, 15) is 13.6 Å². The van der Waals surface area contributed by atoms with Crippen LogP contribution in [0.1, 0.15) is 28.0 Å². The quantitative estimate of drug-likeness (QED) is 0.857. The number of nitrogens with zero attached hydrogens (tertiary/aromatic N) is 1. The summed E-state index contributed by atoms with van der Waals surface area (Å²) in [5.74, 6) is 0.633. The van der Waals surface area contributed by atoms with E-state index in [-0.39, 0.29) is 23.4 Å². The third-order valence-electron chi connectivity index (χ3n) is 3.74. The van der Waals surface area contributed by atoms with Crippen LogP contribution in [0.4, 0.5) is 8.78 Å². The third kappa shape index (κ3) is 2.75. The van der Waals surface area contributed by atoms with Crippen molar-refractivity contribution < 1.29 is 18.0 Å². The predicted molar refractivity (Wildman–Crippen MR) is 80.3 cm³/mol. The van der Waals surface area contributed by atoms with Gasteiger partial charge in [0.2, 0.25) is 5.91 Å². The molecule has 1 aromatic heterocycles. The van der Waals surface area contributed by atoms with Crippen LogP contribution in [0.5, 0.6) is 0 Å². The molecule has 1 amide bonds. The predicted octanol–water partition coefficient (Wildman–Crippen LogP) is 3.95. The zero-order valence-electron chi connectivity index (χ0n) is 12.2. The Kier molecular flexibility index (Phi) is 3.95. The van der Waals surface area contributed by atoms with Gasteiger partial charge in [-0.05, 0) is 43.7 Å². The van der Waals surface area contributed by atoms with E-state index in [0.29, 0.717) is 11.5 Å². The fraction of sp³-hybridized carbons (Fsp3) is 0.312. The van der Waals surface area contributed by atoms with E-state index < -0.39 is 11.6 Å². The smallest absolute Gasteiger partial charge is 0.234 e. The molecule has 22 heavy (non-hydrogen) atoms. The molecule has 3 nitrogen and oxygen atoms in total. The van der Waals surface area contributed by atoms with Gasteiger partial charge >= 0.3 is 0 Å². The summed E-state index contributed by atoms with van der Waals surface area (Å²) in [7, 11) is 0. The Bertz CT molecular complexity index is 709. The van der Waals surface area contributed by atoms with E-state index in [1.165, 1.54) is 16.7 Å². The molecular formula is C16H15F2NO2S. The summed E-state index contributed by atoms with van der Waals surface area (Å²) in [6.45, 7) is 3.82. The molecule has 2 heterocycles. The van der Waals surface area contributed by atoms with Crippen LogP contribution in [0.2, 0.25) is 0 Å². The Morgan fingerprint density at radius 2 is 2.09 bits per heavy atom. The van der Waals surface area contributed by atoms with Crippen molar-refractivity contribution in [2.75, 3.05) is 5.75 Å². The van der Waals surface area contributed by atoms with Crippen molar-refractivity contribution >= 4 is 17.7 Å². The normalized spacial score (nSPS) is 18.3. The van der Waals surface area contributed by atoms with Crippen molar-refractivity contribution in [2.45, 2.75) is 25.8 Å². The van der Waals surface area contributed by atoms with Gasteiger partial charge in [0.1, 0.15) is 28.5 Å². The summed E-state index contributed by atoms with van der Waals surface area (Å²) < 4.78 is 32.8. The van der Waals surface area contributed by atoms with Gasteiger partial charge in [-0.25, -0.2) is 8.78 Å². The molecule has 1 unspecified atom stereocenters. The molecule has 3 rings (SSSR count). The monoisotopic (exact) mass is 323 g/mol. The summed E-state index contributed by atoms with van der Waals surface area (Å²) in [6, 6.07) is 5.16. The standard InChI is InChI=1S/C16H15F2NO2S/c1-9-5-14(21-10(9)2)16-19(15(20)8-22-16)7-11-6-12(17)3-4-13(11)18/h3-6,16H,7-8H2,1-2H3. The molecule has 0 saturated carbocycles. The number of benzene rings is 1. The van der Waals surface area contributed by atoms with Gasteiger partial charge in [-0.2, -0.15) is 0 Å². The van der Waals surface area contributed by atoms with Crippen LogP contribution >= 0.6 is 11.8 Å². The van der Waals surface area contributed by atoms with Crippen LogP contribution in [-0.2, 0) is 11.3 Å². The second kappa shape index (κ2) is 5.76. The molecule has 1 aliphatic rings. The van der Waals surface area contributed by atoms with Gasteiger partial charge < -0.3 is 9.32 Å². The van der Waals surface area contributed by atoms with Crippen molar-refractivity contribution in [2.24, 2.45) is 0 Å². The fourth-order valence-corrected chi connectivity index (χ4v) is 3.55. The average molecular weight is 323 g/mol. The number of carbonyl (C=O) groups is 1. The second-order valence-corrected chi connectivity index (χ2v) is 6.38. The van der Waals surface area contributed by atoms with E-state index >= 15 is 0 Å². The SMILES string of the molecule is Cc1cc(C2SCC(=O)N2Cc2cc(F)ccc2F)oc1C. The highest BCUT2D eigenvalue weighted by molar-refractivity contribution is 8.00. The second-order valence-electron chi connectivity index (χ2n) is 5.31. The number of furan rings is 1. The lowest BCUT2D eigenvalue weighted by Gasteiger charge is -2.22. The maximum atomic E-state index is 13.8. The Morgan fingerprint density at radius 1 is 1.32 bits per heavy atom. The molecule has 6 heteroatoms. The lowest BCUT2D eigenvalue weighted by atomic mass is 10.2. The number of carbonyl (C=O) groups excluding carboxylic acids is 1. The highest BCUT2D eigenvalue weighted by Gasteiger charge is 2.35. The number of hydrogen-bond donors (Lipinski definition) is 0. The Morgan fingerprint density at radius 3 is 2.77 bits per heavy atom. The molecule has 1 aliphatic heterocycles. The first-order chi connectivity index (χ1) is 10.5. The van der Waals surface area contributed by atoms with Crippen LogP contribution in [-0.4, -0.2) is 16.6 Å². The highest BCUT2D eigenvalue weighted by Crippen LogP contribution is 2.41. The van der Waals surface area contributed by atoms with Gasteiger partial charge in [0.25, 0.3) is 0 Å². The molecule has 0 radical (unpaired) electrons. The van der Waals surface area contributed by atoms with Crippen LogP contribution in [0.3, 0.4) is 0 Å². The number of thioether (sulfide) groups is 1. The molecule has 1 atom stereocenters. The topological polar surface area (TPSA) is 33.5 Å². The van der Waals surface area contributed by atoms with E-state index in [2.05, 4.69) is 0 Å². The van der Waals surface area contributed by atoms with E-state index in [4.69, 9.17) is 4.42 Å². The summed E-state index contributed by atoms with van der Waals surface area (Å²) in [4.78, 5) is 13.6. The lowest BCUT2D eigenvalue weighted by Crippen LogP contribution is -2.28. The molecule has 1 saturated heterocycles. The van der Waals surface area contributed by atoms with Crippen LogP contribution < -0.4 is 0 Å². The van der Waals surface area contributed by atoms with E-state index in [1.54, 1.807) is 0 Å². The Balaban J connectivity index is 1.89. The van der Waals surface area contributed by atoms with Gasteiger partial charge in [-0.15, -0.1) is 11.8 Å². The molecule has 0 spiro atoms. The van der Waals surface area contributed by atoms with E-state index in [0.717, 1.165) is 29.5 Å². The first-order valence-electron chi connectivity index (χ1n) is 6.87. The minimum absolute atomic E-state index is 0.0267. The number of rotatable bonds is 3. The van der Waals surface area contributed by atoms with Crippen molar-refractivity contribution in [3.05, 3.63) is 58.5 Å². The maximum Gasteiger partial charge on any atom is 0.234 e. The zero-order chi connectivity index (χ0) is 15.9. The molecule has 116 valence electrons. The number of amides is 1.